The van der Waals surface area contributed by atoms with Gasteiger partial charge in [-0.15, -0.1) is 0 Å². The highest BCUT2D eigenvalue weighted by molar-refractivity contribution is 5.84. The zero-order valence-corrected chi connectivity index (χ0v) is 10.1. The van der Waals surface area contributed by atoms with Gasteiger partial charge in [0.05, 0.1) is 6.54 Å². The van der Waals surface area contributed by atoms with Crippen molar-refractivity contribution in [3.8, 4) is 0 Å². The first-order chi connectivity index (χ1) is 8.27. The van der Waals surface area contributed by atoms with Gasteiger partial charge in [-0.25, -0.2) is 4.79 Å². The molecule has 2 fully saturated rings. The van der Waals surface area contributed by atoms with Crippen LogP contribution in [0.2, 0.25) is 0 Å². The first-order valence-electron chi connectivity index (χ1n) is 6.28. The van der Waals surface area contributed by atoms with Crippen LogP contribution in [0.4, 0.5) is 4.79 Å². The van der Waals surface area contributed by atoms with Crippen LogP contribution in [0.15, 0.2) is 0 Å². The van der Waals surface area contributed by atoms with E-state index in [0.29, 0.717) is 13.1 Å². The van der Waals surface area contributed by atoms with Crippen LogP contribution in [0.1, 0.15) is 12.8 Å². The maximum absolute atomic E-state index is 11.7. The third-order valence-electron chi connectivity index (χ3n) is 3.25. The summed E-state index contributed by atoms with van der Waals surface area (Å²) in [5.41, 5.74) is 0. The largest absolute Gasteiger partial charge is 0.341 e. The molecule has 3 amide bonds. The molecule has 0 aromatic heterocycles. The Bertz CT molecular complexity index is 283. The van der Waals surface area contributed by atoms with Crippen molar-refractivity contribution >= 4 is 11.9 Å². The minimum Gasteiger partial charge on any atom is -0.341 e. The van der Waals surface area contributed by atoms with Gasteiger partial charge in [-0.1, -0.05) is 0 Å². The smallest absolute Gasteiger partial charge is 0.317 e. The third kappa shape index (κ3) is 3.33. The van der Waals surface area contributed by atoms with Crippen LogP contribution in [0, 0.1) is 0 Å². The molecule has 0 aliphatic carbocycles. The molecule has 6 heteroatoms. The lowest BCUT2D eigenvalue weighted by atomic mass is 10.4. The van der Waals surface area contributed by atoms with Crippen LogP contribution in [0.3, 0.4) is 0 Å². The average molecular weight is 240 g/mol. The lowest BCUT2D eigenvalue weighted by molar-refractivity contribution is -0.129. The highest BCUT2D eigenvalue weighted by atomic mass is 16.2. The molecule has 2 rings (SSSR count). The minimum atomic E-state index is -0.126. The summed E-state index contributed by atoms with van der Waals surface area (Å²) in [6.45, 7) is 4.88. The third-order valence-corrected chi connectivity index (χ3v) is 3.25. The Morgan fingerprint density at radius 3 is 2.29 bits per heavy atom. The van der Waals surface area contributed by atoms with Gasteiger partial charge in [0.1, 0.15) is 0 Å². The van der Waals surface area contributed by atoms with E-state index in [0.717, 1.165) is 39.0 Å². The molecule has 0 bridgehead atoms. The van der Waals surface area contributed by atoms with Crippen molar-refractivity contribution in [3.63, 3.8) is 0 Å². The number of carbonyl (C=O) groups excluding carboxylic acids is 2. The van der Waals surface area contributed by atoms with Crippen molar-refractivity contribution in [2.75, 3.05) is 45.8 Å². The number of nitrogens with one attached hydrogen (secondary N) is 2. The monoisotopic (exact) mass is 240 g/mol. The summed E-state index contributed by atoms with van der Waals surface area (Å²) in [7, 11) is 0. The van der Waals surface area contributed by atoms with Gasteiger partial charge in [0, 0.05) is 39.3 Å². The topological polar surface area (TPSA) is 64.7 Å². The van der Waals surface area contributed by atoms with E-state index < -0.39 is 0 Å². The molecule has 2 N–H and O–H groups in total. The molecule has 17 heavy (non-hydrogen) atoms. The molecule has 0 unspecified atom stereocenters. The van der Waals surface area contributed by atoms with Gasteiger partial charge < -0.3 is 20.4 Å². The van der Waals surface area contributed by atoms with Gasteiger partial charge in [-0.3, -0.25) is 4.79 Å². The van der Waals surface area contributed by atoms with Crippen LogP contribution in [-0.2, 0) is 4.79 Å². The molecule has 2 saturated heterocycles. The van der Waals surface area contributed by atoms with Gasteiger partial charge in [-0.05, 0) is 12.8 Å². The second-order valence-electron chi connectivity index (χ2n) is 4.48. The van der Waals surface area contributed by atoms with Crippen molar-refractivity contribution < 1.29 is 9.59 Å². The summed E-state index contributed by atoms with van der Waals surface area (Å²) in [5.74, 6) is 0.0333. The van der Waals surface area contributed by atoms with E-state index in [1.807, 2.05) is 4.90 Å². The van der Waals surface area contributed by atoms with Gasteiger partial charge in [-0.2, -0.15) is 0 Å². The Morgan fingerprint density at radius 2 is 1.65 bits per heavy atom. The van der Waals surface area contributed by atoms with Gasteiger partial charge in [0.2, 0.25) is 5.91 Å². The Morgan fingerprint density at radius 1 is 1.00 bits per heavy atom. The minimum absolute atomic E-state index is 0.0333. The van der Waals surface area contributed by atoms with Crippen LogP contribution in [0.25, 0.3) is 0 Å². The fourth-order valence-electron chi connectivity index (χ4n) is 2.21. The summed E-state index contributed by atoms with van der Waals surface area (Å²) in [5, 5.41) is 5.88. The molecule has 0 radical (unpaired) electrons. The second-order valence-corrected chi connectivity index (χ2v) is 4.48. The zero-order valence-electron chi connectivity index (χ0n) is 10.1. The molecule has 0 atom stereocenters. The number of rotatable bonds is 2. The number of hydrogen-bond acceptors (Lipinski definition) is 3. The first kappa shape index (κ1) is 12.2. The van der Waals surface area contributed by atoms with E-state index in [2.05, 4.69) is 10.6 Å². The van der Waals surface area contributed by atoms with Crippen molar-refractivity contribution in [2.24, 2.45) is 0 Å². The Balaban J connectivity index is 1.69. The van der Waals surface area contributed by atoms with Crippen LogP contribution in [-0.4, -0.2) is 67.6 Å². The van der Waals surface area contributed by atoms with E-state index >= 15 is 0 Å². The van der Waals surface area contributed by atoms with Crippen LogP contribution >= 0.6 is 0 Å². The molecular formula is C11H20N4O2. The predicted octanol–water partition coefficient (Wildman–Crippen LogP) is -0.776. The van der Waals surface area contributed by atoms with Crippen LogP contribution < -0.4 is 10.6 Å². The Labute approximate surface area is 101 Å². The normalized spacial score (nSPS) is 20.5. The number of piperazine rings is 1. The lowest BCUT2D eigenvalue weighted by Gasteiger charge is -2.27. The van der Waals surface area contributed by atoms with Crippen LogP contribution in [0.5, 0.6) is 0 Å². The Kier molecular flexibility index (Phi) is 4.19. The van der Waals surface area contributed by atoms with E-state index in [4.69, 9.17) is 0 Å². The van der Waals surface area contributed by atoms with E-state index in [1.165, 1.54) is 0 Å². The average Bonchev–Trinajstić information content (AvgIpc) is 2.90. The van der Waals surface area contributed by atoms with E-state index in [-0.39, 0.29) is 18.5 Å². The van der Waals surface area contributed by atoms with Crippen molar-refractivity contribution in [3.05, 3.63) is 0 Å². The number of urea groups is 1. The second kappa shape index (κ2) is 5.86. The predicted molar refractivity (Wildman–Crippen MR) is 63.7 cm³/mol. The summed E-state index contributed by atoms with van der Waals surface area (Å²) < 4.78 is 0. The maximum atomic E-state index is 11.7. The zero-order chi connectivity index (χ0) is 12.1. The molecule has 0 saturated carbocycles. The van der Waals surface area contributed by atoms with Gasteiger partial charge in [0.25, 0.3) is 0 Å². The van der Waals surface area contributed by atoms with E-state index in [9.17, 15) is 9.59 Å². The summed E-state index contributed by atoms with van der Waals surface area (Å²) in [4.78, 5) is 27.0. The molecule has 0 aromatic rings. The van der Waals surface area contributed by atoms with Gasteiger partial charge in [0.15, 0.2) is 0 Å². The summed E-state index contributed by atoms with van der Waals surface area (Å²) >= 11 is 0. The fourth-order valence-corrected chi connectivity index (χ4v) is 2.21. The van der Waals surface area contributed by atoms with Crippen molar-refractivity contribution in [1.82, 2.24) is 20.4 Å². The number of likely N-dealkylation sites (tertiary alicyclic amines) is 1. The highest BCUT2D eigenvalue weighted by Crippen LogP contribution is 2.06. The molecule has 2 aliphatic heterocycles. The fraction of sp³-hybridized carbons (Fsp3) is 0.818. The number of hydrogen-bond donors (Lipinski definition) is 2. The first-order valence-corrected chi connectivity index (χ1v) is 6.28. The lowest BCUT2D eigenvalue weighted by Crippen LogP contribution is -2.51. The molecule has 2 heterocycles. The molecule has 96 valence electrons. The highest BCUT2D eigenvalue weighted by Gasteiger charge is 2.20. The molecule has 2 aliphatic rings. The van der Waals surface area contributed by atoms with Crippen molar-refractivity contribution in [2.45, 2.75) is 12.8 Å². The quantitative estimate of drug-likeness (QED) is 0.666. The number of nitrogens with zero attached hydrogens (tertiary/aromatic N) is 2. The molecule has 6 nitrogen and oxygen atoms in total. The summed E-state index contributed by atoms with van der Waals surface area (Å²) in [6.07, 6.45) is 2.16. The standard InChI is InChI=1S/C11H20N4O2/c16-10(14-5-1-2-6-14)9-13-11(17)15-7-3-12-4-8-15/h12H,1-9H2,(H,13,17). The van der Waals surface area contributed by atoms with E-state index in [1.54, 1.807) is 4.90 Å². The number of carbonyl (C=O) groups is 2. The van der Waals surface area contributed by atoms with Crippen molar-refractivity contribution in [1.29, 1.82) is 0 Å². The van der Waals surface area contributed by atoms with Gasteiger partial charge >= 0.3 is 6.03 Å². The summed E-state index contributed by atoms with van der Waals surface area (Å²) in [6, 6.07) is -0.126. The number of amides is 3. The SMILES string of the molecule is O=C(CNC(=O)N1CCNCC1)N1CCCC1. The molecule has 0 aromatic carbocycles. The Hall–Kier alpha value is -1.30. The maximum Gasteiger partial charge on any atom is 0.317 e. The molecule has 0 spiro atoms. The molecular weight excluding hydrogens is 220 g/mol.